The first-order valence-corrected chi connectivity index (χ1v) is 9.79. The van der Waals surface area contributed by atoms with Gasteiger partial charge >= 0.3 is 0 Å². The monoisotopic (exact) mass is 406 g/mol. The van der Waals surface area contributed by atoms with Crippen LogP contribution in [0.4, 0.5) is 5.13 Å². The lowest BCUT2D eigenvalue weighted by molar-refractivity contribution is -0.116. The Hall–Kier alpha value is -3.72. The van der Waals surface area contributed by atoms with Gasteiger partial charge in [-0.3, -0.25) is 9.59 Å². The van der Waals surface area contributed by atoms with Crippen molar-refractivity contribution < 1.29 is 9.59 Å². The number of thiazole rings is 1. The molecule has 4 aromatic rings. The summed E-state index contributed by atoms with van der Waals surface area (Å²) in [5.41, 5.74) is 8.92. The number of carbonyl (C=O) groups is 2. The molecule has 0 atom stereocenters. The third kappa shape index (κ3) is 4.41. The molecule has 0 fully saturated rings. The largest absolute Gasteiger partial charge is 0.364 e. The van der Waals surface area contributed by atoms with E-state index < -0.39 is 5.91 Å². The molecule has 146 valence electrons. The minimum atomic E-state index is -0.532. The van der Waals surface area contributed by atoms with Crippen molar-refractivity contribution in [1.82, 2.24) is 19.7 Å². The second-order valence-electron chi connectivity index (χ2n) is 6.38. The number of para-hydroxylation sites is 1. The number of hydrogen-bond donors (Lipinski definition) is 3. The second-order valence-corrected chi connectivity index (χ2v) is 7.24. The Bertz CT molecular complexity index is 1140. The van der Waals surface area contributed by atoms with Crippen LogP contribution in [-0.2, 0) is 11.2 Å². The Balaban J connectivity index is 1.33. The summed E-state index contributed by atoms with van der Waals surface area (Å²) in [4.78, 5) is 30.6. The third-order valence-electron chi connectivity index (χ3n) is 4.29. The number of nitrogens with one attached hydrogen (secondary N) is 2. The number of aromatic amines is 1. The number of nitrogens with zero attached hydrogens (tertiary/aromatic N) is 3. The first-order chi connectivity index (χ1) is 14.1. The normalized spacial score (nSPS) is 10.8. The number of anilines is 1. The van der Waals surface area contributed by atoms with Crippen molar-refractivity contribution in [2.75, 3.05) is 5.32 Å². The van der Waals surface area contributed by atoms with Crippen molar-refractivity contribution in [2.45, 2.75) is 12.8 Å². The molecule has 0 bridgehead atoms. The Morgan fingerprint density at radius 2 is 2.07 bits per heavy atom. The van der Waals surface area contributed by atoms with Gasteiger partial charge in [-0.15, -0.1) is 11.3 Å². The van der Waals surface area contributed by atoms with Crippen LogP contribution in [0.5, 0.6) is 0 Å². The second kappa shape index (κ2) is 8.11. The zero-order chi connectivity index (χ0) is 20.2. The molecule has 0 saturated carbocycles. The number of H-pyrrole nitrogens is 1. The lowest BCUT2D eigenvalue weighted by Crippen LogP contribution is -2.12. The highest BCUT2D eigenvalue weighted by Crippen LogP contribution is 2.25. The van der Waals surface area contributed by atoms with Crippen LogP contribution in [0.3, 0.4) is 0 Å². The van der Waals surface area contributed by atoms with Gasteiger partial charge in [0.2, 0.25) is 5.91 Å². The number of aryl methyl sites for hydroxylation is 1. The summed E-state index contributed by atoms with van der Waals surface area (Å²) in [7, 11) is 0. The van der Waals surface area contributed by atoms with Crippen LogP contribution in [0.25, 0.3) is 16.9 Å². The van der Waals surface area contributed by atoms with E-state index in [1.54, 1.807) is 23.1 Å². The van der Waals surface area contributed by atoms with E-state index in [-0.39, 0.29) is 5.91 Å². The van der Waals surface area contributed by atoms with Crippen molar-refractivity contribution in [1.29, 1.82) is 0 Å². The molecule has 29 heavy (non-hydrogen) atoms. The fraction of sp³-hybridized carbons (Fsp3) is 0.100. The van der Waals surface area contributed by atoms with Gasteiger partial charge in [0.25, 0.3) is 5.91 Å². The maximum absolute atomic E-state index is 12.3. The average Bonchev–Trinajstić information content (AvgIpc) is 3.47. The highest BCUT2D eigenvalue weighted by atomic mass is 32.1. The molecule has 0 aliphatic heterocycles. The average molecular weight is 406 g/mol. The number of aromatic nitrogens is 4. The van der Waals surface area contributed by atoms with Crippen molar-refractivity contribution in [2.24, 2.45) is 5.73 Å². The number of carbonyl (C=O) groups excluding carboxylic acids is 2. The molecule has 0 aliphatic carbocycles. The highest BCUT2D eigenvalue weighted by molar-refractivity contribution is 7.14. The molecule has 4 N–H and O–H groups in total. The van der Waals surface area contributed by atoms with Gasteiger partial charge in [0, 0.05) is 29.8 Å². The SMILES string of the molecule is NC(=O)c1cc(-c2csc(NC(=O)CCc3cnn(-c4ccccc4)c3)n2)c[nH]1. The van der Waals surface area contributed by atoms with E-state index in [9.17, 15) is 9.59 Å². The number of hydrogen-bond acceptors (Lipinski definition) is 5. The van der Waals surface area contributed by atoms with Crippen molar-refractivity contribution in [3.8, 4) is 16.9 Å². The number of nitrogens with two attached hydrogens (primary N) is 1. The molecule has 0 aliphatic rings. The van der Waals surface area contributed by atoms with Crippen LogP contribution in [0.2, 0.25) is 0 Å². The molecule has 0 unspecified atom stereocenters. The van der Waals surface area contributed by atoms with Gasteiger partial charge in [0.1, 0.15) is 5.69 Å². The van der Waals surface area contributed by atoms with Gasteiger partial charge in [-0.05, 0) is 30.2 Å². The molecule has 9 heteroatoms. The molecule has 4 rings (SSSR count). The van der Waals surface area contributed by atoms with E-state index in [1.807, 2.05) is 41.9 Å². The topological polar surface area (TPSA) is 119 Å². The van der Waals surface area contributed by atoms with Gasteiger partial charge in [-0.25, -0.2) is 9.67 Å². The van der Waals surface area contributed by atoms with E-state index >= 15 is 0 Å². The molecule has 1 aromatic carbocycles. The molecule has 0 spiro atoms. The third-order valence-corrected chi connectivity index (χ3v) is 5.05. The summed E-state index contributed by atoms with van der Waals surface area (Å²) < 4.78 is 1.79. The van der Waals surface area contributed by atoms with E-state index in [0.29, 0.717) is 29.4 Å². The summed E-state index contributed by atoms with van der Waals surface area (Å²) in [5.74, 6) is -0.652. The molecular formula is C20H18N6O2S. The number of benzene rings is 1. The quantitative estimate of drug-likeness (QED) is 0.437. The summed E-state index contributed by atoms with van der Waals surface area (Å²) in [6, 6.07) is 11.4. The number of rotatable bonds is 7. The first-order valence-electron chi connectivity index (χ1n) is 8.91. The zero-order valence-electron chi connectivity index (χ0n) is 15.3. The van der Waals surface area contributed by atoms with Crippen molar-refractivity contribution in [3.63, 3.8) is 0 Å². The Morgan fingerprint density at radius 3 is 2.83 bits per heavy atom. The van der Waals surface area contributed by atoms with Crippen LogP contribution < -0.4 is 11.1 Å². The fourth-order valence-corrected chi connectivity index (χ4v) is 3.53. The number of primary amides is 1. The standard InChI is InChI=1S/C20H18N6O2S/c21-19(28)16-8-14(10-22-16)17-12-29-20(24-17)25-18(27)7-6-13-9-23-26(11-13)15-4-2-1-3-5-15/h1-5,8-12,22H,6-7H2,(H2,21,28)(H,24,25,27). The maximum atomic E-state index is 12.3. The Morgan fingerprint density at radius 1 is 1.24 bits per heavy atom. The fourth-order valence-electron chi connectivity index (χ4n) is 2.80. The Kier molecular flexibility index (Phi) is 5.21. The molecule has 3 heterocycles. The summed E-state index contributed by atoms with van der Waals surface area (Å²) >= 11 is 1.32. The van der Waals surface area contributed by atoms with Crippen molar-refractivity contribution in [3.05, 3.63) is 71.6 Å². The van der Waals surface area contributed by atoms with Gasteiger partial charge < -0.3 is 16.0 Å². The van der Waals surface area contributed by atoms with E-state index in [0.717, 1.165) is 16.8 Å². The van der Waals surface area contributed by atoms with Crippen LogP contribution in [0.1, 0.15) is 22.5 Å². The Labute approximate surface area is 170 Å². The summed E-state index contributed by atoms with van der Waals surface area (Å²) in [6.07, 6.45) is 6.25. The van der Waals surface area contributed by atoms with Gasteiger partial charge in [0.05, 0.1) is 17.6 Å². The lowest BCUT2D eigenvalue weighted by Gasteiger charge is -2.01. The predicted molar refractivity (Wildman–Crippen MR) is 111 cm³/mol. The van der Waals surface area contributed by atoms with E-state index in [4.69, 9.17) is 5.73 Å². The van der Waals surface area contributed by atoms with Crippen LogP contribution in [0.15, 0.2) is 60.4 Å². The minimum Gasteiger partial charge on any atom is -0.364 e. The molecule has 0 saturated heterocycles. The van der Waals surface area contributed by atoms with Gasteiger partial charge in [-0.1, -0.05) is 18.2 Å². The molecular weight excluding hydrogens is 388 g/mol. The van der Waals surface area contributed by atoms with Gasteiger partial charge in [0.15, 0.2) is 5.13 Å². The molecule has 2 amide bonds. The smallest absolute Gasteiger partial charge is 0.265 e. The first kappa shape index (κ1) is 18.6. The van der Waals surface area contributed by atoms with Gasteiger partial charge in [-0.2, -0.15) is 5.10 Å². The van der Waals surface area contributed by atoms with Crippen LogP contribution in [-0.4, -0.2) is 31.6 Å². The molecule has 0 radical (unpaired) electrons. The van der Waals surface area contributed by atoms with E-state index in [1.165, 1.54) is 11.3 Å². The predicted octanol–water partition coefficient (Wildman–Crippen LogP) is 2.99. The van der Waals surface area contributed by atoms with Crippen LogP contribution in [0, 0.1) is 0 Å². The summed E-state index contributed by atoms with van der Waals surface area (Å²) in [5, 5.41) is 9.47. The summed E-state index contributed by atoms with van der Waals surface area (Å²) in [6.45, 7) is 0. The van der Waals surface area contributed by atoms with Crippen molar-refractivity contribution >= 4 is 28.3 Å². The van der Waals surface area contributed by atoms with Crippen LogP contribution >= 0.6 is 11.3 Å². The highest BCUT2D eigenvalue weighted by Gasteiger charge is 2.12. The lowest BCUT2D eigenvalue weighted by atomic mass is 10.2. The maximum Gasteiger partial charge on any atom is 0.265 e. The molecule has 8 nitrogen and oxygen atoms in total. The van der Waals surface area contributed by atoms with E-state index in [2.05, 4.69) is 20.4 Å². The number of amides is 2. The molecule has 3 aromatic heterocycles. The minimum absolute atomic E-state index is 0.120. The zero-order valence-corrected chi connectivity index (χ0v) is 16.1.